The highest BCUT2D eigenvalue weighted by Gasteiger charge is 2.21. The highest BCUT2D eigenvalue weighted by Crippen LogP contribution is 2.40. The average molecular weight is 631 g/mol. The minimum absolute atomic E-state index is 0.613. The van der Waals surface area contributed by atoms with Crippen LogP contribution < -0.4 is 0 Å². The van der Waals surface area contributed by atoms with Crippen molar-refractivity contribution < 1.29 is 4.42 Å². The zero-order valence-electron chi connectivity index (χ0n) is 26.1. The Hall–Kier alpha value is -6.86. The van der Waals surface area contributed by atoms with E-state index < -0.39 is 0 Å². The molecule has 0 spiro atoms. The second-order valence-corrected chi connectivity index (χ2v) is 12.0. The highest BCUT2D eigenvalue weighted by atomic mass is 16.3. The third-order valence-electron chi connectivity index (χ3n) is 9.10. The quantitative estimate of drug-likeness (QED) is 0.189. The summed E-state index contributed by atoms with van der Waals surface area (Å²) in [5, 5.41) is 4.41. The molecule has 0 aliphatic heterocycles. The van der Waals surface area contributed by atoms with Gasteiger partial charge in [-0.1, -0.05) is 97.1 Å². The third-order valence-corrected chi connectivity index (χ3v) is 9.10. The van der Waals surface area contributed by atoms with Gasteiger partial charge in [0.15, 0.2) is 17.5 Å². The monoisotopic (exact) mass is 630 g/mol. The number of benzene rings is 6. The number of fused-ring (bicyclic) bond motifs is 7. The van der Waals surface area contributed by atoms with E-state index >= 15 is 0 Å². The number of nitrogens with zero attached hydrogens (tertiary/aromatic N) is 6. The minimum Gasteiger partial charge on any atom is -0.455 e. The van der Waals surface area contributed by atoms with Crippen LogP contribution in [0.2, 0.25) is 0 Å². The van der Waals surface area contributed by atoms with Gasteiger partial charge in [-0.3, -0.25) is 9.13 Å². The number of hydrogen-bond donors (Lipinski definition) is 0. The molecule has 49 heavy (non-hydrogen) atoms. The maximum atomic E-state index is 6.49. The van der Waals surface area contributed by atoms with E-state index in [1.807, 2.05) is 85.2 Å². The SMILES string of the molecule is c1ccc(-c2nc(-c3ccccc3)nc(-c3ccc(-n4ccnc4-n4c5ccccc5c5c6oc7ccccc7c6ccc54)cc3)n2)cc1. The molecule has 0 unspecified atom stereocenters. The fourth-order valence-corrected chi connectivity index (χ4v) is 6.82. The Morgan fingerprint density at radius 3 is 1.76 bits per heavy atom. The van der Waals surface area contributed by atoms with Crippen LogP contribution in [-0.2, 0) is 0 Å². The lowest BCUT2D eigenvalue weighted by atomic mass is 10.1. The Kier molecular flexibility index (Phi) is 6.04. The number of rotatable bonds is 5. The predicted molar refractivity (Wildman–Crippen MR) is 195 cm³/mol. The molecule has 0 saturated carbocycles. The first-order valence-corrected chi connectivity index (χ1v) is 16.1. The van der Waals surface area contributed by atoms with Crippen LogP contribution in [0.15, 0.2) is 162 Å². The van der Waals surface area contributed by atoms with E-state index in [-0.39, 0.29) is 0 Å². The van der Waals surface area contributed by atoms with E-state index in [4.69, 9.17) is 24.4 Å². The summed E-state index contributed by atoms with van der Waals surface area (Å²) >= 11 is 0. The molecule has 4 heterocycles. The van der Waals surface area contributed by atoms with Crippen molar-refractivity contribution >= 4 is 43.7 Å². The number of para-hydroxylation sites is 2. The van der Waals surface area contributed by atoms with E-state index in [9.17, 15) is 0 Å². The third kappa shape index (κ3) is 4.37. The molecule has 7 nitrogen and oxygen atoms in total. The minimum atomic E-state index is 0.613. The lowest BCUT2D eigenvalue weighted by molar-refractivity contribution is 0.673. The van der Waals surface area contributed by atoms with Gasteiger partial charge in [0.25, 0.3) is 0 Å². The molecular formula is C42H26N6O. The van der Waals surface area contributed by atoms with Crippen molar-refractivity contribution in [2.24, 2.45) is 0 Å². The van der Waals surface area contributed by atoms with Gasteiger partial charge in [0.05, 0.1) is 16.4 Å². The molecule has 0 bridgehead atoms. The van der Waals surface area contributed by atoms with Crippen LogP contribution in [0.25, 0.3) is 89.5 Å². The van der Waals surface area contributed by atoms with Crippen molar-refractivity contribution in [3.63, 3.8) is 0 Å². The molecule has 0 amide bonds. The van der Waals surface area contributed by atoms with Crippen LogP contribution in [0, 0.1) is 0 Å². The van der Waals surface area contributed by atoms with E-state index in [0.717, 1.165) is 72.1 Å². The van der Waals surface area contributed by atoms with Crippen LogP contribution in [0.4, 0.5) is 0 Å². The molecule has 10 rings (SSSR count). The Morgan fingerprint density at radius 2 is 1.06 bits per heavy atom. The van der Waals surface area contributed by atoms with E-state index in [1.54, 1.807) is 0 Å². The summed E-state index contributed by atoms with van der Waals surface area (Å²) < 4.78 is 10.8. The normalized spacial score (nSPS) is 11.7. The smallest absolute Gasteiger partial charge is 0.219 e. The largest absolute Gasteiger partial charge is 0.455 e. The molecule has 0 aliphatic carbocycles. The summed E-state index contributed by atoms with van der Waals surface area (Å²) in [5.41, 5.74) is 7.60. The lowest BCUT2D eigenvalue weighted by Gasteiger charge is -2.12. The van der Waals surface area contributed by atoms with Gasteiger partial charge >= 0.3 is 0 Å². The van der Waals surface area contributed by atoms with Crippen molar-refractivity contribution in [3.8, 4) is 45.8 Å². The highest BCUT2D eigenvalue weighted by molar-refractivity contribution is 6.23. The molecule has 0 atom stereocenters. The Labute approximate surface area is 280 Å². The number of aromatic nitrogens is 6. The summed E-state index contributed by atoms with van der Waals surface area (Å²) in [7, 11) is 0. The topological polar surface area (TPSA) is 74.6 Å². The Bertz CT molecular complexity index is 2760. The second-order valence-electron chi connectivity index (χ2n) is 12.0. The average Bonchev–Trinajstić information content (AvgIpc) is 3.89. The molecule has 0 N–H and O–H groups in total. The maximum Gasteiger partial charge on any atom is 0.219 e. The second kappa shape index (κ2) is 10.9. The predicted octanol–water partition coefficient (Wildman–Crippen LogP) is 10.1. The van der Waals surface area contributed by atoms with Crippen molar-refractivity contribution in [2.45, 2.75) is 0 Å². The van der Waals surface area contributed by atoms with E-state index in [0.29, 0.717) is 17.5 Å². The van der Waals surface area contributed by atoms with E-state index in [2.05, 4.69) is 81.9 Å². The van der Waals surface area contributed by atoms with Gasteiger partial charge in [-0.2, -0.15) is 0 Å². The summed E-state index contributed by atoms with van der Waals surface area (Å²) in [5.74, 6) is 2.67. The molecule has 7 heteroatoms. The number of furan rings is 1. The number of hydrogen-bond acceptors (Lipinski definition) is 5. The van der Waals surface area contributed by atoms with Gasteiger partial charge in [-0.15, -0.1) is 0 Å². The van der Waals surface area contributed by atoms with Gasteiger partial charge in [0.2, 0.25) is 5.95 Å². The van der Waals surface area contributed by atoms with Gasteiger partial charge in [0, 0.05) is 50.9 Å². The van der Waals surface area contributed by atoms with Gasteiger partial charge in [-0.25, -0.2) is 19.9 Å². The lowest BCUT2D eigenvalue weighted by Crippen LogP contribution is -2.05. The van der Waals surface area contributed by atoms with Gasteiger partial charge < -0.3 is 4.42 Å². The molecule has 4 aromatic heterocycles. The first-order chi connectivity index (χ1) is 24.3. The van der Waals surface area contributed by atoms with Crippen molar-refractivity contribution in [3.05, 3.63) is 158 Å². The van der Waals surface area contributed by atoms with Crippen LogP contribution in [0.5, 0.6) is 0 Å². The standard InChI is InChI=1S/C42H26N6O/c1-3-11-27(12-4-1)39-44-40(28-13-5-2-6-14-28)46-41(45-39)29-19-21-30(22-20-29)47-26-25-43-42(47)48-34-17-9-7-16-33(34)37-35(48)24-23-32-31-15-8-10-18-36(31)49-38(32)37/h1-26H. The molecule has 0 radical (unpaired) electrons. The maximum absolute atomic E-state index is 6.49. The summed E-state index contributed by atoms with van der Waals surface area (Å²) in [6, 6.07) is 49.3. The van der Waals surface area contributed by atoms with Crippen LogP contribution in [0.1, 0.15) is 0 Å². The fourth-order valence-electron chi connectivity index (χ4n) is 6.82. The first kappa shape index (κ1) is 27.3. The van der Waals surface area contributed by atoms with Crippen LogP contribution >= 0.6 is 0 Å². The molecule has 230 valence electrons. The van der Waals surface area contributed by atoms with Gasteiger partial charge in [-0.05, 0) is 48.5 Å². The van der Waals surface area contributed by atoms with Crippen molar-refractivity contribution in [1.82, 2.24) is 29.1 Å². The van der Waals surface area contributed by atoms with Crippen molar-refractivity contribution in [1.29, 1.82) is 0 Å². The summed E-state index contributed by atoms with van der Waals surface area (Å²) in [6.07, 6.45) is 3.84. The zero-order chi connectivity index (χ0) is 32.3. The van der Waals surface area contributed by atoms with E-state index in [1.165, 1.54) is 0 Å². The fraction of sp³-hybridized carbons (Fsp3) is 0. The molecular weight excluding hydrogens is 605 g/mol. The molecule has 0 saturated heterocycles. The van der Waals surface area contributed by atoms with Crippen LogP contribution in [-0.4, -0.2) is 29.1 Å². The van der Waals surface area contributed by atoms with Crippen LogP contribution in [0.3, 0.4) is 0 Å². The summed E-state index contributed by atoms with van der Waals surface area (Å²) in [4.78, 5) is 19.5. The first-order valence-electron chi connectivity index (χ1n) is 16.1. The summed E-state index contributed by atoms with van der Waals surface area (Å²) in [6.45, 7) is 0. The molecule has 0 aliphatic rings. The molecule has 0 fully saturated rings. The Balaban J connectivity index is 1.10. The molecule has 10 aromatic rings. The Morgan fingerprint density at radius 1 is 0.469 bits per heavy atom. The molecule has 6 aromatic carbocycles. The van der Waals surface area contributed by atoms with Gasteiger partial charge in [0.1, 0.15) is 11.2 Å². The van der Waals surface area contributed by atoms with Crippen molar-refractivity contribution in [2.75, 3.05) is 0 Å². The zero-order valence-corrected chi connectivity index (χ0v) is 26.1. The number of imidazole rings is 1.